The van der Waals surface area contributed by atoms with Crippen LogP contribution in [0, 0.1) is 18.8 Å². The van der Waals surface area contributed by atoms with E-state index in [0.717, 1.165) is 10.2 Å². The normalized spacial score (nSPS) is 11.0. The first-order chi connectivity index (χ1) is 10.3. The summed E-state index contributed by atoms with van der Waals surface area (Å²) in [6.45, 7) is 0.755. The Morgan fingerprint density at radius 2 is 1.95 bits per heavy atom. The predicted molar refractivity (Wildman–Crippen MR) is 79.8 cm³/mol. The topological polar surface area (TPSA) is 29.9 Å². The van der Waals surface area contributed by atoms with E-state index in [1.165, 1.54) is 0 Å². The van der Waals surface area contributed by atoms with E-state index in [9.17, 15) is 13.2 Å². The van der Waals surface area contributed by atoms with Gasteiger partial charge >= 0.3 is 6.18 Å². The van der Waals surface area contributed by atoms with E-state index in [2.05, 4.69) is 22.3 Å². The SMILES string of the molecule is Cc1cc(NCC#Cc2ccc(Cl)cc2)nn1CC(F)(F)F. The fourth-order valence-electron chi connectivity index (χ4n) is 1.74. The first kappa shape index (κ1) is 16.2. The molecule has 0 saturated heterocycles. The van der Waals surface area contributed by atoms with Crippen molar-refractivity contribution in [3.05, 3.63) is 46.6 Å². The van der Waals surface area contributed by atoms with Crippen molar-refractivity contribution in [1.29, 1.82) is 0 Å². The zero-order valence-corrected chi connectivity index (χ0v) is 12.5. The van der Waals surface area contributed by atoms with Crippen molar-refractivity contribution >= 4 is 17.4 Å². The number of aryl methyl sites for hydroxylation is 1. The Balaban J connectivity index is 1.93. The smallest absolute Gasteiger partial charge is 0.358 e. The lowest BCUT2D eigenvalue weighted by Gasteiger charge is -2.07. The minimum absolute atomic E-state index is 0.283. The van der Waals surface area contributed by atoms with Crippen LogP contribution in [0.15, 0.2) is 30.3 Å². The minimum atomic E-state index is -4.29. The number of hydrogen-bond donors (Lipinski definition) is 1. The minimum Gasteiger partial charge on any atom is -0.358 e. The molecule has 0 saturated carbocycles. The Bertz CT molecular complexity index is 694. The van der Waals surface area contributed by atoms with Crippen LogP contribution >= 0.6 is 11.6 Å². The molecule has 0 aliphatic carbocycles. The number of halogens is 4. The van der Waals surface area contributed by atoms with Gasteiger partial charge in [-0.15, -0.1) is 0 Å². The predicted octanol–water partition coefficient (Wildman–Crippen LogP) is 3.87. The van der Waals surface area contributed by atoms with Crippen LogP contribution in [0.2, 0.25) is 5.02 Å². The second-order valence-corrected chi connectivity index (χ2v) is 5.04. The van der Waals surface area contributed by atoms with Gasteiger partial charge < -0.3 is 5.32 Å². The number of nitrogens with zero attached hydrogens (tertiary/aromatic N) is 2. The number of alkyl halides is 3. The molecule has 0 spiro atoms. The van der Waals surface area contributed by atoms with Crippen molar-refractivity contribution in [3.8, 4) is 11.8 Å². The molecule has 7 heteroatoms. The van der Waals surface area contributed by atoms with Gasteiger partial charge in [-0.1, -0.05) is 23.4 Å². The van der Waals surface area contributed by atoms with Gasteiger partial charge in [-0.2, -0.15) is 18.3 Å². The lowest BCUT2D eigenvalue weighted by Crippen LogP contribution is -2.19. The van der Waals surface area contributed by atoms with E-state index in [4.69, 9.17) is 11.6 Å². The number of nitrogens with one attached hydrogen (secondary N) is 1. The van der Waals surface area contributed by atoms with Crippen LogP contribution in [0.5, 0.6) is 0 Å². The van der Waals surface area contributed by atoms with Gasteiger partial charge in [0.1, 0.15) is 12.4 Å². The summed E-state index contributed by atoms with van der Waals surface area (Å²) >= 11 is 5.76. The highest BCUT2D eigenvalue weighted by Gasteiger charge is 2.29. The maximum atomic E-state index is 12.3. The maximum absolute atomic E-state index is 12.3. The van der Waals surface area contributed by atoms with E-state index in [0.29, 0.717) is 16.5 Å². The molecule has 1 aromatic carbocycles. The molecule has 116 valence electrons. The average molecular weight is 328 g/mol. The summed E-state index contributed by atoms with van der Waals surface area (Å²) in [5, 5.41) is 7.36. The van der Waals surface area contributed by atoms with Crippen molar-refractivity contribution in [1.82, 2.24) is 9.78 Å². The van der Waals surface area contributed by atoms with Crippen molar-refractivity contribution in [2.45, 2.75) is 19.6 Å². The molecule has 1 aromatic heterocycles. The molecule has 1 N–H and O–H groups in total. The summed E-state index contributed by atoms with van der Waals surface area (Å²) in [7, 11) is 0. The molecular formula is C15H13ClF3N3. The molecule has 0 radical (unpaired) electrons. The van der Waals surface area contributed by atoms with Crippen LogP contribution in [0.25, 0.3) is 0 Å². The van der Waals surface area contributed by atoms with Crippen LogP contribution < -0.4 is 5.32 Å². The van der Waals surface area contributed by atoms with Crippen molar-refractivity contribution in [3.63, 3.8) is 0 Å². The molecule has 0 aliphatic heterocycles. The molecule has 0 bridgehead atoms. The summed E-state index contributed by atoms with van der Waals surface area (Å²) in [6.07, 6.45) is -4.29. The summed E-state index contributed by atoms with van der Waals surface area (Å²) in [5.41, 5.74) is 1.25. The van der Waals surface area contributed by atoms with Crippen molar-refractivity contribution in [2.24, 2.45) is 0 Å². The van der Waals surface area contributed by atoms with Gasteiger partial charge in [-0.3, -0.25) is 4.68 Å². The van der Waals surface area contributed by atoms with E-state index in [1.54, 1.807) is 37.3 Å². The fourth-order valence-corrected chi connectivity index (χ4v) is 1.87. The Hall–Kier alpha value is -2.13. The lowest BCUT2D eigenvalue weighted by atomic mass is 10.2. The zero-order chi connectivity index (χ0) is 16.2. The van der Waals surface area contributed by atoms with E-state index in [-0.39, 0.29) is 6.54 Å². The monoisotopic (exact) mass is 327 g/mol. The maximum Gasteiger partial charge on any atom is 0.408 e. The summed E-state index contributed by atoms with van der Waals surface area (Å²) in [4.78, 5) is 0. The number of anilines is 1. The van der Waals surface area contributed by atoms with Crippen LogP contribution in [0.3, 0.4) is 0 Å². The number of rotatable bonds is 3. The standard InChI is InChI=1S/C15H13ClF3N3/c1-11-9-14(21-22(11)10-15(17,18)19)20-8-2-3-12-4-6-13(16)7-5-12/h4-7,9H,8,10H2,1H3,(H,20,21). The highest BCUT2D eigenvalue weighted by Crippen LogP contribution is 2.19. The second kappa shape index (κ2) is 6.75. The van der Waals surface area contributed by atoms with Crippen LogP contribution in [-0.4, -0.2) is 22.5 Å². The number of benzene rings is 1. The fraction of sp³-hybridized carbons (Fsp3) is 0.267. The Labute approximate surface area is 131 Å². The van der Waals surface area contributed by atoms with Gasteiger partial charge in [0.2, 0.25) is 0 Å². The largest absolute Gasteiger partial charge is 0.408 e. The third kappa shape index (κ3) is 5.01. The third-order valence-electron chi connectivity index (χ3n) is 2.75. The van der Waals surface area contributed by atoms with Gasteiger partial charge in [-0.25, -0.2) is 0 Å². The average Bonchev–Trinajstić information content (AvgIpc) is 2.75. The molecule has 0 atom stereocenters. The van der Waals surface area contributed by atoms with Gasteiger partial charge in [0.05, 0.1) is 6.54 Å². The first-order valence-corrected chi connectivity index (χ1v) is 6.81. The van der Waals surface area contributed by atoms with E-state index in [1.807, 2.05) is 0 Å². The third-order valence-corrected chi connectivity index (χ3v) is 3.00. The molecule has 0 unspecified atom stereocenters. The Kier molecular flexibility index (Phi) is 4.99. The van der Waals surface area contributed by atoms with Crippen molar-refractivity contribution in [2.75, 3.05) is 11.9 Å². The van der Waals surface area contributed by atoms with Crippen LogP contribution in [0.4, 0.5) is 19.0 Å². The molecule has 0 fully saturated rings. The molecule has 1 heterocycles. The summed E-state index contributed by atoms with van der Waals surface area (Å²) in [5.74, 6) is 6.15. The van der Waals surface area contributed by atoms with Crippen LogP contribution in [0.1, 0.15) is 11.3 Å². The molecule has 0 amide bonds. The van der Waals surface area contributed by atoms with Crippen LogP contribution in [-0.2, 0) is 6.54 Å². The summed E-state index contributed by atoms with van der Waals surface area (Å²) < 4.78 is 37.9. The highest BCUT2D eigenvalue weighted by atomic mass is 35.5. The molecule has 22 heavy (non-hydrogen) atoms. The lowest BCUT2D eigenvalue weighted by molar-refractivity contribution is -0.142. The van der Waals surface area contributed by atoms with E-state index < -0.39 is 12.7 Å². The molecule has 2 rings (SSSR count). The van der Waals surface area contributed by atoms with Crippen molar-refractivity contribution < 1.29 is 13.2 Å². The quantitative estimate of drug-likeness (QED) is 0.867. The zero-order valence-electron chi connectivity index (χ0n) is 11.7. The molecule has 2 aromatic rings. The number of aromatic nitrogens is 2. The van der Waals surface area contributed by atoms with E-state index >= 15 is 0 Å². The van der Waals surface area contributed by atoms with Gasteiger partial charge in [0.25, 0.3) is 0 Å². The van der Waals surface area contributed by atoms with Gasteiger partial charge in [0, 0.05) is 22.3 Å². The molecular weight excluding hydrogens is 315 g/mol. The van der Waals surface area contributed by atoms with Gasteiger partial charge in [0.15, 0.2) is 0 Å². The highest BCUT2D eigenvalue weighted by molar-refractivity contribution is 6.30. The molecule has 3 nitrogen and oxygen atoms in total. The molecule has 0 aliphatic rings. The Morgan fingerprint density at radius 1 is 1.27 bits per heavy atom. The second-order valence-electron chi connectivity index (χ2n) is 4.61. The van der Waals surface area contributed by atoms with Gasteiger partial charge in [-0.05, 0) is 31.2 Å². The first-order valence-electron chi connectivity index (χ1n) is 6.43. The Morgan fingerprint density at radius 3 is 2.59 bits per heavy atom. The number of hydrogen-bond acceptors (Lipinski definition) is 2. The summed E-state index contributed by atoms with van der Waals surface area (Å²) in [6, 6.07) is 8.60.